The van der Waals surface area contributed by atoms with Crippen molar-refractivity contribution >= 4 is 11.7 Å². The van der Waals surface area contributed by atoms with Crippen molar-refractivity contribution in [1.82, 2.24) is 10.3 Å². The quantitative estimate of drug-likeness (QED) is 0.853. The lowest BCUT2D eigenvalue weighted by molar-refractivity contribution is 0.0954. The molecule has 1 N–H and O–H groups in total. The molecular formula is C21H26FN3O. The zero-order valence-corrected chi connectivity index (χ0v) is 15.2. The van der Waals surface area contributed by atoms with Gasteiger partial charge in [0, 0.05) is 30.9 Å². The van der Waals surface area contributed by atoms with E-state index in [1.807, 2.05) is 6.07 Å². The number of piperidine rings is 1. The van der Waals surface area contributed by atoms with Gasteiger partial charge in [-0.15, -0.1) is 0 Å². The molecule has 26 heavy (non-hydrogen) atoms. The number of hydrogen-bond acceptors (Lipinski definition) is 3. The second kappa shape index (κ2) is 8.79. The molecule has 0 saturated carbocycles. The highest BCUT2D eigenvalue weighted by atomic mass is 19.1. The fourth-order valence-corrected chi connectivity index (χ4v) is 3.56. The van der Waals surface area contributed by atoms with Gasteiger partial charge in [-0.2, -0.15) is 0 Å². The van der Waals surface area contributed by atoms with Gasteiger partial charge >= 0.3 is 0 Å². The Morgan fingerprint density at radius 1 is 1.31 bits per heavy atom. The first kappa shape index (κ1) is 18.4. The zero-order valence-electron chi connectivity index (χ0n) is 15.2. The molecule has 1 unspecified atom stereocenters. The maximum absolute atomic E-state index is 13.6. The van der Waals surface area contributed by atoms with Crippen molar-refractivity contribution in [2.75, 3.05) is 18.0 Å². The molecule has 1 aromatic heterocycles. The number of carbonyl (C=O) groups is 1. The number of rotatable bonds is 6. The number of halogens is 1. The molecule has 5 heteroatoms. The van der Waals surface area contributed by atoms with Crippen molar-refractivity contribution in [3.63, 3.8) is 0 Å². The molecule has 2 aromatic rings. The van der Waals surface area contributed by atoms with E-state index in [1.54, 1.807) is 30.5 Å². The molecule has 138 valence electrons. The second-order valence-corrected chi connectivity index (χ2v) is 6.75. The molecule has 4 nitrogen and oxygen atoms in total. The second-order valence-electron chi connectivity index (χ2n) is 6.75. The SMILES string of the molecule is CCC1CCCCN1c1cc(C(=O)NCCc2ccccc2F)ccn1. The summed E-state index contributed by atoms with van der Waals surface area (Å²) in [6.45, 7) is 3.59. The Balaban J connectivity index is 1.62. The van der Waals surface area contributed by atoms with Gasteiger partial charge in [-0.1, -0.05) is 25.1 Å². The fraction of sp³-hybridized carbons (Fsp3) is 0.429. The van der Waals surface area contributed by atoms with E-state index in [2.05, 4.69) is 22.1 Å². The van der Waals surface area contributed by atoms with Crippen LogP contribution in [0.1, 0.15) is 48.5 Å². The van der Waals surface area contributed by atoms with E-state index < -0.39 is 0 Å². The van der Waals surface area contributed by atoms with Crippen LogP contribution >= 0.6 is 0 Å². The molecule has 0 radical (unpaired) electrons. The first-order chi connectivity index (χ1) is 12.7. The standard InChI is InChI=1S/C21H26FN3O/c1-2-18-8-5-6-14-25(18)20-15-17(11-12-23-20)21(26)24-13-10-16-7-3-4-9-19(16)22/h3-4,7,9,11-12,15,18H,2,5-6,8,10,13-14H2,1H3,(H,24,26). The smallest absolute Gasteiger partial charge is 0.251 e. The Morgan fingerprint density at radius 2 is 2.15 bits per heavy atom. The Labute approximate surface area is 154 Å². The van der Waals surface area contributed by atoms with Gasteiger partial charge in [0.15, 0.2) is 0 Å². The predicted octanol–water partition coefficient (Wildman–Crippen LogP) is 3.96. The normalized spacial score (nSPS) is 17.2. The summed E-state index contributed by atoms with van der Waals surface area (Å²) in [6.07, 6.45) is 6.85. The maximum atomic E-state index is 13.6. The fourth-order valence-electron chi connectivity index (χ4n) is 3.56. The number of amides is 1. The number of nitrogens with zero attached hydrogens (tertiary/aromatic N) is 2. The van der Waals surface area contributed by atoms with Gasteiger partial charge in [-0.05, 0) is 55.9 Å². The summed E-state index contributed by atoms with van der Waals surface area (Å²) in [5, 5.41) is 2.88. The van der Waals surface area contributed by atoms with Crippen LogP contribution in [0, 0.1) is 5.82 Å². The number of benzene rings is 1. The summed E-state index contributed by atoms with van der Waals surface area (Å²) < 4.78 is 13.6. The van der Waals surface area contributed by atoms with E-state index >= 15 is 0 Å². The summed E-state index contributed by atoms with van der Waals surface area (Å²) in [5.41, 5.74) is 1.21. The number of hydrogen-bond donors (Lipinski definition) is 1. The van der Waals surface area contributed by atoms with Crippen LogP contribution in [0.15, 0.2) is 42.6 Å². The Morgan fingerprint density at radius 3 is 2.96 bits per heavy atom. The van der Waals surface area contributed by atoms with Gasteiger partial charge in [0.2, 0.25) is 0 Å². The lowest BCUT2D eigenvalue weighted by Crippen LogP contribution is -2.39. The molecule has 1 saturated heterocycles. The molecule has 1 amide bonds. The van der Waals surface area contributed by atoms with Crippen molar-refractivity contribution in [3.8, 4) is 0 Å². The van der Waals surface area contributed by atoms with Crippen molar-refractivity contribution in [2.45, 2.75) is 45.1 Å². The largest absolute Gasteiger partial charge is 0.354 e. The van der Waals surface area contributed by atoms with Gasteiger partial charge in [0.1, 0.15) is 11.6 Å². The van der Waals surface area contributed by atoms with Crippen LogP contribution in [-0.4, -0.2) is 30.0 Å². The molecule has 1 fully saturated rings. The Bertz CT molecular complexity index is 750. The molecule has 1 aliphatic heterocycles. The van der Waals surface area contributed by atoms with E-state index in [0.29, 0.717) is 30.1 Å². The molecule has 0 aliphatic carbocycles. The topological polar surface area (TPSA) is 45.2 Å². The minimum Gasteiger partial charge on any atom is -0.354 e. The van der Waals surface area contributed by atoms with Crippen LogP contribution in [0.25, 0.3) is 0 Å². The Hall–Kier alpha value is -2.43. The molecule has 2 heterocycles. The van der Waals surface area contributed by atoms with Gasteiger partial charge in [0.05, 0.1) is 0 Å². The summed E-state index contributed by atoms with van der Waals surface area (Å²) >= 11 is 0. The third kappa shape index (κ3) is 4.40. The minimum atomic E-state index is -0.233. The van der Waals surface area contributed by atoms with Gasteiger partial charge in [-0.25, -0.2) is 9.37 Å². The molecule has 3 rings (SSSR count). The van der Waals surface area contributed by atoms with Crippen LogP contribution in [0.3, 0.4) is 0 Å². The predicted molar refractivity (Wildman–Crippen MR) is 102 cm³/mol. The number of pyridine rings is 1. The van der Waals surface area contributed by atoms with Gasteiger partial charge in [-0.3, -0.25) is 4.79 Å². The van der Waals surface area contributed by atoms with Crippen molar-refractivity contribution < 1.29 is 9.18 Å². The number of nitrogens with one attached hydrogen (secondary N) is 1. The Kier molecular flexibility index (Phi) is 6.21. The average molecular weight is 355 g/mol. The van der Waals surface area contributed by atoms with E-state index in [4.69, 9.17) is 0 Å². The zero-order chi connectivity index (χ0) is 18.4. The number of anilines is 1. The third-order valence-corrected chi connectivity index (χ3v) is 5.04. The first-order valence-electron chi connectivity index (χ1n) is 9.43. The van der Waals surface area contributed by atoms with Crippen LogP contribution in [0.2, 0.25) is 0 Å². The summed E-state index contributed by atoms with van der Waals surface area (Å²) in [7, 11) is 0. The summed E-state index contributed by atoms with van der Waals surface area (Å²) in [5.74, 6) is 0.497. The summed E-state index contributed by atoms with van der Waals surface area (Å²) in [4.78, 5) is 19.3. The van der Waals surface area contributed by atoms with Crippen LogP contribution in [-0.2, 0) is 6.42 Å². The van der Waals surface area contributed by atoms with Crippen LogP contribution < -0.4 is 10.2 Å². The molecule has 1 aromatic carbocycles. The molecule has 0 spiro atoms. The molecule has 0 bridgehead atoms. The summed E-state index contributed by atoms with van der Waals surface area (Å²) in [6, 6.07) is 10.7. The van der Waals surface area contributed by atoms with E-state index in [9.17, 15) is 9.18 Å². The van der Waals surface area contributed by atoms with Crippen LogP contribution in [0.4, 0.5) is 10.2 Å². The van der Waals surface area contributed by atoms with Crippen molar-refractivity contribution in [1.29, 1.82) is 0 Å². The van der Waals surface area contributed by atoms with Crippen molar-refractivity contribution in [3.05, 3.63) is 59.5 Å². The van der Waals surface area contributed by atoms with Crippen LogP contribution in [0.5, 0.6) is 0 Å². The highest BCUT2D eigenvalue weighted by Crippen LogP contribution is 2.25. The maximum Gasteiger partial charge on any atom is 0.251 e. The molecule has 1 atom stereocenters. The van der Waals surface area contributed by atoms with E-state index in [-0.39, 0.29) is 11.7 Å². The lowest BCUT2D eigenvalue weighted by atomic mass is 10.00. The minimum absolute atomic E-state index is 0.143. The first-order valence-corrected chi connectivity index (χ1v) is 9.43. The average Bonchev–Trinajstić information content (AvgIpc) is 2.69. The van der Waals surface area contributed by atoms with Gasteiger partial charge < -0.3 is 10.2 Å². The van der Waals surface area contributed by atoms with E-state index in [0.717, 1.165) is 25.2 Å². The van der Waals surface area contributed by atoms with Gasteiger partial charge in [0.25, 0.3) is 5.91 Å². The lowest BCUT2D eigenvalue weighted by Gasteiger charge is -2.36. The van der Waals surface area contributed by atoms with Crippen molar-refractivity contribution in [2.24, 2.45) is 0 Å². The van der Waals surface area contributed by atoms with E-state index in [1.165, 1.54) is 18.9 Å². The number of carbonyl (C=O) groups excluding carboxylic acids is 1. The highest BCUT2D eigenvalue weighted by molar-refractivity contribution is 5.94. The third-order valence-electron chi connectivity index (χ3n) is 5.04. The highest BCUT2D eigenvalue weighted by Gasteiger charge is 2.22. The number of aromatic nitrogens is 1. The monoisotopic (exact) mass is 355 g/mol. The molecular weight excluding hydrogens is 329 g/mol. The molecule has 1 aliphatic rings.